The quantitative estimate of drug-likeness (QED) is 0.639. The molecule has 3 heterocycles. The van der Waals surface area contributed by atoms with Crippen molar-refractivity contribution >= 4 is 46.5 Å². The van der Waals surface area contributed by atoms with Gasteiger partial charge < -0.3 is 10.2 Å². The highest BCUT2D eigenvalue weighted by molar-refractivity contribution is 6.31. The number of carbonyl (C=O) groups is 2. The molecule has 2 amide bonds. The molecule has 3 atom stereocenters. The molecule has 1 N–H and O–H groups in total. The van der Waals surface area contributed by atoms with Crippen molar-refractivity contribution in [1.82, 2.24) is 9.91 Å². The lowest BCUT2D eigenvalue weighted by atomic mass is 9.58. The summed E-state index contributed by atoms with van der Waals surface area (Å²) in [5.41, 5.74) is 2.33. The molecular formula is C25H24Cl2N4O2. The van der Waals surface area contributed by atoms with Gasteiger partial charge in [0.2, 0.25) is 5.91 Å². The molecule has 1 fully saturated rings. The second-order valence-corrected chi connectivity index (χ2v) is 9.67. The first-order chi connectivity index (χ1) is 15.8. The van der Waals surface area contributed by atoms with Gasteiger partial charge in [-0.05, 0) is 41.8 Å². The SMILES string of the molecule is C=C(CC)[C@@H]1N2CC(=O)N(C)N=C2C[C@H](c2cccc(Cl)c2)[C@@]12C(=O)Nc1cc(Cl)ccc12. The van der Waals surface area contributed by atoms with Crippen molar-refractivity contribution in [2.75, 3.05) is 18.9 Å². The first-order valence-corrected chi connectivity index (χ1v) is 11.7. The van der Waals surface area contributed by atoms with Crippen molar-refractivity contribution in [2.24, 2.45) is 5.10 Å². The van der Waals surface area contributed by atoms with E-state index in [1.54, 1.807) is 13.1 Å². The first-order valence-electron chi connectivity index (χ1n) is 10.9. The molecule has 0 unspecified atom stereocenters. The lowest BCUT2D eigenvalue weighted by Gasteiger charge is -2.54. The molecule has 33 heavy (non-hydrogen) atoms. The summed E-state index contributed by atoms with van der Waals surface area (Å²) in [6.45, 7) is 6.52. The third-order valence-electron chi connectivity index (χ3n) is 7.09. The topological polar surface area (TPSA) is 65.0 Å². The van der Waals surface area contributed by atoms with Gasteiger partial charge in [-0.3, -0.25) is 9.59 Å². The van der Waals surface area contributed by atoms with Crippen molar-refractivity contribution in [3.63, 3.8) is 0 Å². The number of nitrogens with zero attached hydrogens (tertiary/aromatic N) is 3. The van der Waals surface area contributed by atoms with Crippen LogP contribution in [-0.4, -0.2) is 47.2 Å². The van der Waals surface area contributed by atoms with Crippen molar-refractivity contribution < 1.29 is 9.59 Å². The molecule has 3 aliphatic rings. The zero-order valence-corrected chi connectivity index (χ0v) is 20.0. The molecule has 0 bridgehead atoms. The Bertz CT molecular complexity index is 1230. The second kappa shape index (κ2) is 7.89. The summed E-state index contributed by atoms with van der Waals surface area (Å²) in [4.78, 5) is 28.7. The molecule has 6 nitrogen and oxygen atoms in total. The number of hydrogen-bond acceptors (Lipinski definition) is 4. The van der Waals surface area contributed by atoms with Crippen LogP contribution in [0.5, 0.6) is 0 Å². The van der Waals surface area contributed by atoms with Crippen LogP contribution in [0.15, 0.2) is 59.7 Å². The number of benzene rings is 2. The Morgan fingerprint density at radius 1 is 1.21 bits per heavy atom. The summed E-state index contributed by atoms with van der Waals surface area (Å²) in [6, 6.07) is 12.7. The van der Waals surface area contributed by atoms with Gasteiger partial charge >= 0.3 is 0 Å². The highest BCUT2D eigenvalue weighted by Crippen LogP contribution is 2.57. The van der Waals surface area contributed by atoms with Crippen molar-refractivity contribution in [3.05, 3.63) is 75.8 Å². The summed E-state index contributed by atoms with van der Waals surface area (Å²) in [7, 11) is 1.66. The third-order valence-corrected chi connectivity index (χ3v) is 7.56. The number of rotatable bonds is 3. The predicted octanol–water partition coefficient (Wildman–Crippen LogP) is 4.79. The van der Waals surface area contributed by atoms with Gasteiger partial charge in [0, 0.05) is 35.1 Å². The van der Waals surface area contributed by atoms with Crippen LogP contribution in [0, 0.1) is 0 Å². The maximum absolute atomic E-state index is 14.0. The molecule has 1 spiro atoms. The van der Waals surface area contributed by atoms with E-state index in [0.717, 1.165) is 22.5 Å². The molecule has 0 aromatic heterocycles. The number of carbonyl (C=O) groups excluding carboxylic acids is 2. The van der Waals surface area contributed by atoms with Crippen LogP contribution >= 0.6 is 23.2 Å². The fourth-order valence-corrected chi connectivity index (χ4v) is 5.96. The van der Waals surface area contributed by atoms with Crippen LogP contribution in [-0.2, 0) is 15.0 Å². The summed E-state index contributed by atoms with van der Waals surface area (Å²) in [6.07, 6.45) is 1.12. The van der Waals surface area contributed by atoms with Gasteiger partial charge in [-0.1, -0.05) is 60.5 Å². The molecule has 0 radical (unpaired) electrons. The van der Waals surface area contributed by atoms with Crippen molar-refractivity contribution in [3.8, 4) is 0 Å². The third kappa shape index (κ3) is 3.19. The van der Waals surface area contributed by atoms with E-state index in [-0.39, 0.29) is 24.3 Å². The van der Waals surface area contributed by atoms with E-state index >= 15 is 0 Å². The Kier molecular flexibility index (Phi) is 5.26. The van der Waals surface area contributed by atoms with Gasteiger partial charge in [0.05, 0.1) is 6.04 Å². The minimum absolute atomic E-state index is 0.126. The summed E-state index contributed by atoms with van der Waals surface area (Å²) in [5.74, 6) is 0.236. The number of fused-ring (bicyclic) bond motifs is 3. The van der Waals surface area contributed by atoms with E-state index in [2.05, 4.69) is 17.0 Å². The minimum atomic E-state index is -1.02. The molecule has 0 saturated carbocycles. The first kappa shape index (κ1) is 22.0. The Balaban J connectivity index is 1.83. The van der Waals surface area contributed by atoms with Crippen LogP contribution < -0.4 is 5.32 Å². The zero-order valence-electron chi connectivity index (χ0n) is 18.4. The number of likely N-dealkylation sites (N-methyl/N-ethyl adjacent to an activating group) is 1. The Labute approximate surface area is 202 Å². The van der Waals surface area contributed by atoms with E-state index in [4.69, 9.17) is 23.2 Å². The highest BCUT2D eigenvalue weighted by atomic mass is 35.5. The minimum Gasteiger partial charge on any atom is -0.341 e. The van der Waals surface area contributed by atoms with Gasteiger partial charge in [-0.15, -0.1) is 0 Å². The number of amides is 2. The molecule has 170 valence electrons. The number of amidine groups is 1. The van der Waals surface area contributed by atoms with Gasteiger partial charge in [-0.2, -0.15) is 5.10 Å². The molecule has 0 aliphatic carbocycles. The standard InChI is InChI=1S/C25H24Cl2N4O2/c1-4-14(2)23-25(18-9-8-17(27)11-20(18)28-24(25)33)19(15-6-5-7-16(26)10-15)12-21-29-30(3)22(32)13-31(21)23/h5-11,19,23H,2,4,12-13H2,1,3H3,(H,28,33)/t19-,23+,25-/m1/s1. The van der Waals surface area contributed by atoms with Crippen LogP contribution in [0.4, 0.5) is 5.69 Å². The Morgan fingerprint density at radius 2 is 1.97 bits per heavy atom. The summed E-state index contributed by atoms with van der Waals surface area (Å²) < 4.78 is 0. The van der Waals surface area contributed by atoms with E-state index in [1.165, 1.54) is 5.01 Å². The van der Waals surface area contributed by atoms with Crippen LogP contribution in [0.2, 0.25) is 10.0 Å². The van der Waals surface area contributed by atoms with Crippen LogP contribution in [0.1, 0.15) is 36.8 Å². The highest BCUT2D eigenvalue weighted by Gasteiger charge is 2.63. The Morgan fingerprint density at radius 3 is 2.70 bits per heavy atom. The maximum atomic E-state index is 14.0. The molecule has 1 saturated heterocycles. The average Bonchev–Trinajstić information content (AvgIpc) is 3.05. The number of anilines is 1. The Hall–Kier alpha value is -2.83. The lowest BCUT2D eigenvalue weighted by molar-refractivity contribution is -0.134. The smallest absolute Gasteiger partial charge is 0.262 e. The van der Waals surface area contributed by atoms with E-state index in [9.17, 15) is 9.59 Å². The molecular weight excluding hydrogens is 459 g/mol. The summed E-state index contributed by atoms with van der Waals surface area (Å²) in [5, 5.41) is 10.2. The molecule has 3 aliphatic heterocycles. The molecule has 2 aromatic carbocycles. The molecule has 2 aromatic rings. The van der Waals surface area contributed by atoms with Crippen LogP contribution in [0.25, 0.3) is 0 Å². The van der Waals surface area contributed by atoms with Crippen molar-refractivity contribution in [2.45, 2.75) is 37.1 Å². The number of hydrogen-bond donors (Lipinski definition) is 1. The van der Waals surface area contributed by atoms with Gasteiger partial charge in [-0.25, -0.2) is 5.01 Å². The van der Waals surface area contributed by atoms with E-state index < -0.39 is 11.5 Å². The lowest BCUT2D eigenvalue weighted by Crippen LogP contribution is -2.66. The number of halogens is 2. The molecule has 8 heteroatoms. The monoisotopic (exact) mass is 482 g/mol. The number of piperidine rings is 1. The van der Waals surface area contributed by atoms with Crippen LogP contribution in [0.3, 0.4) is 0 Å². The average molecular weight is 483 g/mol. The zero-order chi connectivity index (χ0) is 23.5. The van der Waals surface area contributed by atoms with E-state index in [0.29, 0.717) is 28.6 Å². The fourth-order valence-electron chi connectivity index (χ4n) is 5.59. The van der Waals surface area contributed by atoms with Crippen molar-refractivity contribution in [1.29, 1.82) is 0 Å². The number of hydrazone groups is 1. The maximum Gasteiger partial charge on any atom is 0.262 e. The van der Waals surface area contributed by atoms with Gasteiger partial charge in [0.15, 0.2) is 0 Å². The predicted molar refractivity (Wildman–Crippen MR) is 131 cm³/mol. The largest absolute Gasteiger partial charge is 0.341 e. The second-order valence-electron chi connectivity index (χ2n) is 8.80. The fraction of sp³-hybridized carbons (Fsp3) is 0.320. The van der Waals surface area contributed by atoms with Gasteiger partial charge in [0.25, 0.3) is 5.91 Å². The molecule has 5 rings (SSSR count). The van der Waals surface area contributed by atoms with E-state index in [1.807, 2.05) is 48.2 Å². The normalized spacial score (nSPS) is 26.1. The summed E-state index contributed by atoms with van der Waals surface area (Å²) >= 11 is 12.7. The number of nitrogens with one attached hydrogen (secondary N) is 1. The van der Waals surface area contributed by atoms with Gasteiger partial charge in [0.1, 0.15) is 17.8 Å².